The summed E-state index contributed by atoms with van der Waals surface area (Å²) in [5.41, 5.74) is 3.17. The fraction of sp³-hybridized carbons (Fsp3) is 0.192. The predicted octanol–water partition coefficient (Wildman–Crippen LogP) is 4.15. The number of nitrogens with one attached hydrogen (secondary N) is 3. The molecular weight excluding hydrogens is 416 g/mol. The van der Waals surface area contributed by atoms with Gasteiger partial charge in [-0.3, -0.25) is 14.4 Å². The fourth-order valence-electron chi connectivity index (χ4n) is 3.33. The van der Waals surface area contributed by atoms with E-state index >= 15 is 0 Å². The van der Waals surface area contributed by atoms with Gasteiger partial charge in [0, 0.05) is 41.3 Å². The summed E-state index contributed by atoms with van der Waals surface area (Å²) in [6, 6.07) is 23.3. The van der Waals surface area contributed by atoms with Gasteiger partial charge in [-0.05, 0) is 68.4 Å². The molecule has 3 aromatic rings. The molecule has 0 atom stereocenters. The highest BCUT2D eigenvalue weighted by molar-refractivity contribution is 6.06. The van der Waals surface area contributed by atoms with E-state index in [9.17, 15) is 14.4 Å². The molecule has 7 nitrogen and oxygen atoms in total. The van der Waals surface area contributed by atoms with Crippen molar-refractivity contribution in [2.75, 3.05) is 35.2 Å². The molecule has 170 valence electrons. The first-order valence-electron chi connectivity index (χ1n) is 10.9. The van der Waals surface area contributed by atoms with Crippen LogP contribution in [0.4, 0.5) is 17.1 Å². The number of benzene rings is 3. The lowest BCUT2D eigenvalue weighted by Gasteiger charge is -2.21. The Bertz CT molecular complexity index is 1100. The highest BCUT2D eigenvalue weighted by atomic mass is 16.2. The maximum atomic E-state index is 12.9. The van der Waals surface area contributed by atoms with Crippen LogP contribution < -0.4 is 20.9 Å². The van der Waals surface area contributed by atoms with Crippen molar-refractivity contribution in [3.05, 3.63) is 90.0 Å². The molecule has 0 aliphatic rings. The van der Waals surface area contributed by atoms with Gasteiger partial charge in [-0.15, -0.1) is 0 Å². The maximum absolute atomic E-state index is 12.9. The number of nitrogens with zero attached hydrogens (tertiary/aromatic N) is 1. The van der Waals surface area contributed by atoms with Crippen molar-refractivity contribution in [3.8, 4) is 0 Å². The summed E-state index contributed by atoms with van der Waals surface area (Å²) in [6.07, 6.45) is 0. The largest absolute Gasteiger partial charge is 0.376 e. The van der Waals surface area contributed by atoms with E-state index < -0.39 is 0 Å². The van der Waals surface area contributed by atoms with Crippen LogP contribution in [0.15, 0.2) is 78.9 Å². The summed E-state index contributed by atoms with van der Waals surface area (Å²) < 4.78 is 0. The minimum Gasteiger partial charge on any atom is -0.376 e. The number of carbonyl (C=O) groups excluding carboxylic acids is 3. The summed E-state index contributed by atoms with van der Waals surface area (Å²) in [4.78, 5) is 38.9. The zero-order valence-corrected chi connectivity index (χ0v) is 18.8. The summed E-state index contributed by atoms with van der Waals surface area (Å²) in [7, 11) is 0. The monoisotopic (exact) mass is 444 g/mol. The average Bonchev–Trinajstić information content (AvgIpc) is 2.84. The van der Waals surface area contributed by atoms with Crippen LogP contribution in [0.25, 0.3) is 0 Å². The summed E-state index contributed by atoms with van der Waals surface area (Å²) in [6.45, 7) is 4.92. The Labute approximate surface area is 193 Å². The molecule has 0 unspecified atom stereocenters. The second-order valence-electron chi connectivity index (χ2n) is 7.30. The third-order valence-electron chi connectivity index (χ3n) is 4.96. The lowest BCUT2D eigenvalue weighted by atomic mass is 10.1. The van der Waals surface area contributed by atoms with Crippen molar-refractivity contribution in [3.63, 3.8) is 0 Å². The minimum absolute atomic E-state index is 0.0454. The molecule has 0 bridgehead atoms. The number of amides is 3. The van der Waals surface area contributed by atoms with Gasteiger partial charge in [0.2, 0.25) is 5.91 Å². The van der Waals surface area contributed by atoms with Crippen LogP contribution in [0, 0.1) is 0 Å². The van der Waals surface area contributed by atoms with Crippen LogP contribution in [0.5, 0.6) is 0 Å². The Kier molecular flexibility index (Phi) is 8.18. The van der Waals surface area contributed by atoms with Crippen molar-refractivity contribution in [1.29, 1.82) is 0 Å². The van der Waals surface area contributed by atoms with Crippen LogP contribution in [-0.2, 0) is 4.79 Å². The SMILES string of the molecule is CCNC(=O)c1cccc(NC(=O)CNc2ccc(C(=O)N(CC)c3ccccc3)cc2)c1. The zero-order valence-electron chi connectivity index (χ0n) is 18.8. The lowest BCUT2D eigenvalue weighted by molar-refractivity contribution is -0.114. The van der Waals surface area contributed by atoms with Crippen LogP contribution in [0.1, 0.15) is 34.6 Å². The van der Waals surface area contributed by atoms with Gasteiger partial charge >= 0.3 is 0 Å². The van der Waals surface area contributed by atoms with Gasteiger partial charge < -0.3 is 20.9 Å². The normalized spacial score (nSPS) is 10.2. The van der Waals surface area contributed by atoms with Gasteiger partial charge in [0.25, 0.3) is 11.8 Å². The van der Waals surface area contributed by atoms with Crippen molar-refractivity contribution in [2.24, 2.45) is 0 Å². The topological polar surface area (TPSA) is 90.5 Å². The molecule has 3 rings (SSSR count). The second kappa shape index (κ2) is 11.5. The molecular formula is C26H28N4O3. The molecule has 3 N–H and O–H groups in total. The molecule has 3 aromatic carbocycles. The Morgan fingerprint density at radius 2 is 1.52 bits per heavy atom. The molecule has 33 heavy (non-hydrogen) atoms. The molecule has 0 aromatic heterocycles. The van der Waals surface area contributed by atoms with Crippen LogP contribution in [-0.4, -0.2) is 37.4 Å². The van der Waals surface area contributed by atoms with Gasteiger partial charge in [-0.25, -0.2) is 0 Å². The molecule has 0 fully saturated rings. The molecule has 0 radical (unpaired) electrons. The van der Waals surface area contributed by atoms with E-state index in [1.54, 1.807) is 53.4 Å². The minimum atomic E-state index is -0.246. The molecule has 0 aliphatic carbocycles. The molecule has 0 spiro atoms. The van der Waals surface area contributed by atoms with Crippen molar-refractivity contribution in [2.45, 2.75) is 13.8 Å². The fourth-order valence-corrected chi connectivity index (χ4v) is 3.33. The van der Waals surface area contributed by atoms with Gasteiger partial charge in [0.05, 0.1) is 6.54 Å². The molecule has 3 amide bonds. The lowest BCUT2D eigenvalue weighted by Crippen LogP contribution is -2.30. The maximum Gasteiger partial charge on any atom is 0.258 e. The van der Waals surface area contributed by atoms with E-state index in [0.717, 1.165) is 11.4 Å². The Hall–Kier alpha value is -4.13. The standard InChI is InChI=1S/C26H28N4O3/c1-3-27-25(32)20-9-8-10-22(17-20)29-24(31)18-28-21-15-13-19(14-16-21)26(33)30(4-2)23-11-6-5-7-12-23/h5-17,28H,3-4,18H2,1-2H3,(H,27,32)(H,29,31). The first kappa shape index (κ1) is 23.5. The van der Waals surface area contributed by atoms with Crippen LogP contribution >= 0.6 is 0 Å². The number of hydrogen-bond donors (Lipinski definition) is 3. The van der Waals surface area contributed by atoms with Gasteiger partial charge in [-0.1, -0.05) is 24.3 Å². The Morgan fingerprint density at radius 1 is 0.788 bits per heavy atom. The zero-order chi connectivity index (χ0) is 23.6. The van der Waals surface area contributed by atoms with Crippen molar-refractivity contribution in [1.82, 2.24) is 5.32 Å². The van der Waals surface area contributed by atoms with Crippen molar-refractivity contribution >= 4 is 34.8 Å². The van der Waals surface area contributed by atoms with Crippen molar-refractivity contribution < 1.29 is 14.4 Å². The first-order chi connectivity index (χ1) is 16.0. The number of rotatable bonds is 9. The number of hydrogen-bond acceptors (Lipinski definition) is 4. The highest BCUT2D eigenvalue weighted by Crippen LogP contribution is 2.18. The first-order valence-corrected chi connectivity index (χ1v) is 10.9. The molecule has 0 heterocycles. The third-order valence-corrected chi connectivity index (χ3v) is 4.96. The summed E-state index contributed by atoms with van der Waals surface area (Å²) in [5.74, 6) is -0.514. The molecule has 7 heteroatoms. The van der Waals surface area contributed by atoms with E-state index in [0.29, 0.717) is 29.9 Å². The van der Waals surface area contributed by atoms with E-state index in [1.165, 1.54) is 0 Å². The van der Waals surface area contributed by atoms with E-state index in [1.807, 2.05) is 44.2 Å². The second-order valence-corrected chi connectivity index (χ2v) is 7.30. The molecule has 0 saturated carbocycles. The van der Waals surface area contributed by atoms with Gasteiger partial charge in [-0.2, -0.15) is 0 Å². The molecule has 0 aliphatic heterocycles. The average molecular weight is 445 g/mol. The summed E-state index contributed by atoms with van der Waals surface area (Å²) in [5, 5.41) is 8.56. The van der Waals surface area contributed by atoms with Crippen LogP contribution in [0.2, 0.25) is 0 Å². The van der Waals surface area contributed by atoms with E-state index in [4.69, 9.17) is 0 Å². The molecule has 0 saturated heterocycles. The Morgan fingerprint density at radius 3 is 2.18 bits per heavy atom. The number of anilines is 3. The van der Waals surface area contributed by atoms with Gasteiger partial charge in [0.1, 0.15) is 0 Å². The Balaban J connectivity index is 1.56. The predicted molar refractivity (Wildman–Crippen MR) is 132 cm³/mol. The quantitative estimate of drug-likeness (QED) is 0.462. The highest BCUT2D eigenvalue weighted by Gasteiger charge is 2.15. The summed E-state index contributed by atoms with van der Waals surface area (Å²) >= 11 is 0. The smallest absolute Gasteiger partial charge is 0.258 e. The number of carbonyl (C=O) groups is 3. The van der Waals surface area contributed by atoms with Crippen LogP contribution in [0.3, 0.4) is 0 Å². The number of para-hydroxylation sites is 1. The van der Waals surface area contributed by atoms with E-state index in [-0.39, 0.29) is 24.3 Å². The van der Waals surface area contributed by atoms with E-state index in [2.05, 4.69) is 16.0 Å². The third kappa shape index (κ3) is 6.43. The van der Waals surface area contributed by atoms with Gasteiger partial charge in [0.15, 0.2) is 0 Å².